The predicted molar refractivity (Wildman–Crippen MR) is 118 cm³/mol. The van der Waals surface area contributed by atoms with Crippen LogP contribution in [0, 0.1) is 0 Å². The molecule has 8 heteroatoms. The number of allylic oxidation sites excluding steroid dienone is 4. The Morgan fingerprint density at radius 1 is 0.964 bits per heavy atom. The molecule has 1 aliphatic heterocycles. The van der Waals surface area contributed by atoms with E-state index in [4.69, 9.17) is 26.0 Å². The fraction of sp³-hybridized carbons (Fsp3) is 0.550. The Bertz CT molecular complexity index is 614. The van der Waals surface area contributed by atoms with Gasteiger partial charge in [0, 0.05) is 38.9 Å². The van der Waals surface area contributed by atoms with E-state index in [1.807, 2.05) is 27.7 Å². The van der Waals surface area contributed by atoms with Crippen molar-refractivity contribution in [2.45, 2.75) is 64.6 Å². The number of halogens is 2. The Balaban J connectivity index is 0.000000560. The molecule has 28 heavy (non-hydrogen) atoms. The van der Waals surface area contributed by atoms with Crippen molar-refractivity contribution in [2.24, 2.45) is 0 Å². The van der Waals surface area contributed by atoms with Crippen molar-refractivity contribution in [2.75, 3.05) is 7.11 Å². The van der Waals surface area contributed by atoms with Crippen LogP contribution in [0.15, 0.2) is 41.2 Å². The molecular weight excluding hydrogens is 621 g/mol. The van der Waals surface area contributed by atoms with Crippen molar-refractivity contribution in [3.63, 3.8) is 0 Å². The van der Waals surface area contributed by atoms with Crippen LogP contribution in [0.25, 0.3) is 0 Å². The number of aliphatic hydroxyl groups excluding tert-OH is 1. The van der Waals surface area contributed by atoms with Crippen molar-refractivity contribution in [1.29, 1.82) is 0 Å². The zero-order valence-electron chi connectivity index (χ0n) is 17.2. The molecule has 3 rings (SSSR count). The minimum absolute atomic E-state index is 0. The molecule has 0 atom stereocenters. The summed E-state index contributed by atoms with van der Waals surface area (Å²) in [4.78, 5) is 4.14. The molecule has 0 spiro atoms. The van der Waals surface area contributed by atoms with Gasteiger partial charge in [-0.2, -0.15) is 0 Å². The molecule has 1 aliphatic carbocycles. The summed E-state index contributed by atoms with van der Waals surface area (Å²) in [6, 6.07) is 1.81. The van der Waals surface area contributed by atoms with Gasteiger partial charge < -0.3 is 14.4 Å². The van der Waals surface area contributed by atoms with Crippen LogP contribution in [0.5, 0.6) is 0 Å². The molecule has 0 bridgehead atoms. The number of nitrogens with zero attached hydrogens (tertiary/aromatic N) is 1. The molecule has 2 heterocycles. The smallest absolute Gasteiger partial charge is 0.400 e. The summed E-state index contributed by atoms with van der Waals surface area (Å²) in [6.07, 6.45) is 15.7. The summed E-state index contributed by atoms with van der Waals surface area (Å²) in [5, 5.41) is 7.55. The topological polar surface area (TPSA) is 51.6 Å². The van der Waals surface area contributed by atoms with E-state index < -0.39 is 7.12 Å². The average Bonchev–Trinajstić information content (AvgIpc) is 2.80. The fourth-order valence-corrected chi connectivity index (χ4v) is 2.79. The Labute approximate surface area is 196 Å². The van der Waals surface area contributed by atoms with Gasteiger partial charge in [0.2, 0.25) is 0 Å². The van der Waals surface area contributed by atoms with Gasteiger partial charge in [-0.1, -0.05) is 35.9 Å². The summed E-state index contributed by atoms with van der Waals surface area (Å²) in [5.74, 6) is 0. The number of aromatic nitrogens is 1. The van der Waals surface area contributed by atoms with Crippen LogP contribution < -0.4 is 5.46 Å². The zero-order valence-corrected chi connectivity index (χ0v) is 21.9. The second-order valence-electron chi connectivity index (χ2n) is 7.23. The summed E-state index contributed by atoms with van der Waals surface area (Å²) in [7, 11) is 0.582. The van der Waals surface area contributed by atoms with Crippen LogP contribution in [0.1, 0.15) is 53.4 Å². The molecule has 0 amide bonds. The number of rotatable bonds is 1. The maximum absolute atomic E-state index is 7.00. The quantitative estimate of drug-likeness (QED) is 0.262. The first-order valence-corrected chi connectivity index (χ1v) is 10.3. The van der Waals surface area contributed by atoms with Crippen LogP contribution in [-0.4, -0.2) is 35.5 Å². The SMILES string of the molecule is C1=CCC/C=C\CC1.CC1(C)OB(c2cnc(Br)c(Cl)c2)OC1(C)C.CO.[Ir]. The molecular formula is C20H30BBrClIrNO3. The summed E-state index contributed by atoms with van der Waals surface area (Å²) >= 11 is 9.27. The van der Waals surface area contributed by atoms with E-state index in [9.17, 15) is 0 Å². The molecule has 1 saturated heterocycles. The molecule has 0 unspecified atom stereocenters. The van der Waals surface area contributed by atoms with Gasteiger partial charge >= 0.3 is 7.12 Å². The molecule has 0 saturated carbocycles. The molecule has 4 nitrogen and oxygen atoms in total. The van der Waals surface area contributed by atoms with E-state index in [1.165, 1.54) is 25.7 Å². The molecule has 1 N–H and O–H groups in total. The van der Waals surface area contributed by atoms with Gasteiger partial charge in [-0.15, -0.1) is 0 Å². The molecule has 1 radical (unpaired) electrons. The fourth-order valence-electron chi connectivity index (χ4n) is 2.40. The van der Waals surface area contributed by atoms with Crippen LogP contribution in [0.3, 0.4) is 0 Å². The number of pyridine rings is 1. The monoisotopic (exact) mass is 650 g/mol. The van der Waals surface area contributed by atoms with Crippen molar-refractivity contribution < 1.29 is 34.5 Å². The second-order valence-corrected chi connectivity index (χ2v) is 8.39. The van der Waals surface area contributed by atoms with Gasteiger partial charge in [0.25, 0.3) is 0 Å². The van der Waals surface area contributed by atoms with Crippen LogP contribution in [-0.2, 0) is 29.4 Å². The van der Waals surface area contributed by atoms with E-state index >= 15 is 0 Å². The van der Waals surface area contributed by atoms with E-state index in [0.717, 1.165) is 12.6 Å². The van der Waals surface area contributed by atoms with Crippen molar-refractivity contribution in [1.82, 2.24) is 4.98 Å². The molecule has 1 fully saturated rings. The van der Waals surface area contributed by atoms with Gasteiger partial charge in [0.05, 0.1) is 16.2 Å². The standard InChI is InChI=1S/C11H14BBrClNO2.C8H12.CH4O.Ir/c1-10(2)11(3,4)17-12(16-10)7-5-8(14)9(13)15-6-7;1-2-4-6-8-7-5-3-1;1-2;/h5-6H,1-4H3;1-2,7-8H,3-6H2;2H,1H3;/b;2-1-,8-7?;;. The van der Waals surface area contributed by atoms with E-state index in [1.54, 1.807) is 12.3 Å². The van der Waals surface area contributed by atoms with E-state index in [-0.39, 0.29) is 31.3 Å². The first-order chi connectivity index (χ1) is 12.7. The van der Waals surface area contributed by atoms with E-state index in [2.05, 4.69) is 45.2 Å². The summed E-state index contributed by atoms with van der Waals surface area (Å²) in [6.45, 7) is 8.06. The molecule has 159 valence electrons. The maximum atomic E-state index is 7.00. The summed E-state index contributed by atoms with van der Waals surface area (Å²) < 4.78 is 12.4. The average molecular weight is 651 g/mol. The Hall–Kier alpha value is -0.00571. The number of hydrogen-bond acceptors (Lipinski definition) is 4. The maximum Gasteiger partial charge on any atom is 0.496 e. The van der Waals surface area contributed by atoms with Crippen LogP contribution in [0.2, 0.25) is 5.02 Å². The third kappa shape index (κ3) is 8.39. The van der Waals surface area contributed by atoms with Gasteiger partial charge in [0.1, 0.15) is 4.60 Å². The third-order valence-corrected chi connectivity index (χ3v) is 5.82. The molecule has 2 aliphatic rings. The van der Waals surface area contributed by atoms with Gasteiger partial charge in [-0.3, -0.25) is 0 Å². The Kier molecular flexibility index (Phi) is 13.3. The van der Waals surface area contributed by atoms with Gasteiger partial charge in [0.15, 0.2) is 0 Å². The van der Waals surface area contributed by atoms with E-state index in [0.29, 0.717) is 9.63 Å². The minimum Gasteiger partial charge on any atom is -0.400 e. The second kappa shape index (κ2) is 13.3. The van der Waals surface area contributed by atoms with Gasteiger partial charge in [-0.25, -0.2) is 4.98 Å². The minimum atomic E-state index is -0.418. The Morgan fingerprint density at radius 2 is 1.36 bits per heavy atom. The molecule has 1 aromatic rings. The zero-order chi connectivity index (χ0) is 20.5. The van der Waals surface area contributed by atoms with Crippen molar-refractivity contribution >= 4 is 40.1 Å². The number of aliphatic hydroxyl groups is 1. The third-order valence-electron chi connectivity index (χ3n) is 4.68. The van der Waals surface area contributed by atoms with Crippen molar-refractivity contribution in [3.05, 3.63) is 46.2 Å². The first kappa shape index (κ1) is 28.0. The largest absolute Gasteiger partial charge is 0.496 e. The Morgan fingerprint density at radius 3 is 1.71 bits per heavy atom. The summed E-state index contributed by atoms with van der Waals surface area (Å²) in [5.41, 5.74) is 0.130. The number of hydrogen-bond donors (Lipinski definition) is 1. The van der Waals surface area contributed by atoms with Gasteiger partial charge in [-0.05, 0) is 75.4 Å². The predicted octanol–water partition coefficient (Wildman–Crippen LogP) is 5.08. The van der Waals surface area contributed by atoms with Crippen LogP contribution >= 0.6 is 27.5 Å². The first-order valence-electron chi connectivity index (χ1n) is 9.14. The molecule has 0 aromatic carbocycles. The molecule has 1 aromatic heterocycles. The van der Waals surface area contributed by atoms with Crippen LogP contribution in [0.4, 0.5) is 0 Å². The van der Waals surface area contributed by atoms with Crippen molar-refractivity contribution in [3.8, 4) is 0 Å². The normalized spacial score (nSPS) is 20.4.